The lowest BCUT2D eigenvalue weighted by Crippen LogP contribution is -1.78. The summed E-state index contributed by atoms with van der Waals surface area (Å²) in [6.07, 6.45) is 0. The molecule has 0 saturated heterocycles. The van der Waals surface area contributed by atoms with E-state index in [9.17, 15) is 0 Å². The molecule has 0 spiro atoms. The Morgan fingerprint density at radius 2 is 1.30 bits per heavy atom. The number of halogens is 1. The molecule has 1 aromatic heterocycles. The molecule has 2 aromatic carbocycles. The lowest BCUT2D eigenvalue weighted by atomic mass is 10.1. The highest BCUT2D eigenvalue weighted by Gasteiger charge is 2.04. The minimum absolute atomic E-state index is 0.747. The fraction of sp³-hybridized carbons (Fsp3) is 0. The zero-order valence-corrected chi connectivity index (χ0v) is 12.9. The molecule has 0 amide bonds. The fourth-order valence-corrected chi connectivity index (χ4v) is 3.61. The summed E-state index contributed by atoms with van der Waals surface area (Å²) in [5, 5.41) is 0.747. The SMILES string of the molecule is S=c1cc(-c2ccccc2)sc(-c2ccc(Cl)cc2)c1. The van der Waals surface area contributed by atoms with E-state index in [1.54, 1.807) is 11.3 Å². The normalized spacial score (nSPS) is 10.4. The Labute approximate surface area is 132 Å². The van der Waals surface area contributed by atoms with Crippen LogP contribution in [0, 0.1) is 4.51 Å². The first kappa shape index (κ1) is 13.5. The van der Waals surface area contributed by atoms with Crippen molar-refractivity contribution >= 4 is 35.2 Å². The van der Waals surface area contributed by atoms with Crippen LogP contribution in [-0.4, -0.2) is 0 Å². The summed E-state index contributed by atoms with van der Waals surface area (Å²) in [5.74, 6) is 0. The molecule has 0 N–H and O–H groups in total. The lowest BCUT2D eigenvalue weighted by molar-refractivity contribution is 1.66. The Kier molecular flexibility index (Phi) is 3.97. The molecular weight excluding hydrogens is 304 g/mol. The molecule has 0 atom stereocenters. The average Bonchev–Trinajstić information content (AvgIpc) is 2.48. The third-order valence-corrected chi connectivity index (χ3v) is 4.59. The summed E-state index contributed by atoms with van der Waals surface area (Å²) in [7, 11) is 0. The molecule has 0 fully saturated rings. The highest BCUT2D eigenvalue weighted by atomic mass is 35.5. The molecule has 0 nitrogen and oxygen atoms in total. The second-order valence-corrected chi connectivity index (χ2v) is 6.39. The monoisotopic (exact) mass is 314 g/mol. The van der Waals surface area contributed by atoms with E-state index in [0.717, 1.165) is 20.0 Å². The zero-order valence-electron chi connectivity index (χ0n) is 10.5. The van der Waals surface area contributed by atoms with Crippen molar-refractivity contribution in [3.8, 4) is 20.9 Å². The summed E-state index contributed by atoms with van der Waals surface area (Å²) < 4.78 is 0.854. The maximum Gasteiger partial charge on any atom is 0.0406 e. The minimum atomic E-state index is 0.747. The van der Waals surface area contributed by atoms with Gasteiger partial charge in [0.2, 0.25) is 0 Å². The molecule has 1 heterocycles. The van der Waals surface area contributed by atoms with Gasteiger partial charge >= 0.3 is 0 Å². The van der Waals surface area contributed by atoms with Crippen molar-refractivity contribution in [3.63, 3.8) is 0 Å². The number of hydrogen-bond acceptors (Lipinski definition) is 2. The number of benzene rings is 2. The predicted molar refractivity (Wildman–Crippen MR) is 91.0 cm³/mol. The van der Waals surface area contributed by atoms with E-state index >= 15 is 0 Å². The van der Waals surface area contributed by atoms with Crippen LogP contribution in [0.4, 0.5) is 0 Å². The third kappa shape index (κ3) is 2.98. The van der Waals surface area contributed by atoms with Gasteiger partial charge in [-0.05, 0) is 35.4 Å². The molecule has 3 heteroatoms. The smallest absolute Gasteiger partial charge is 0.0406 e. The number of hydrogen-bond donors (Lipinski definition) is 0. The van der Waals surface area contributed by atoms with Gasteiger partial charge in [-0.1, -0.05) is 66.3 Å². The first-order valence-electron chi connectivity index (χ1n) is 6.19. The van der Waals surface area contributed by atoms with Crippen LogP contribution in [0.5, 0.6) is 0 Å². The second-order valence-electron chi connectivity index (χ2n) is 4.39. The average molecular weight is 315 g/mol. The van der Waals surface area contributed by atoms with Gasteiger partial charge in [0.1, 0.15) is 0 Å². The van der Waals surface area contributed by atoms with Gasteiger partial charge in [0, 0.05) is 19.3 Å². The van der Waals surface area contributed by atoms with Crippen LogP contribution >= 0.6 is 35.2 Å². The molecule has 0 bridgehead atoms. The summed E-state index contributed by atoms with van der Waals surface area (Å²) in [5.41, 5.74) is 2.34. The van der Waals surface area contributed by atoms with Crippen molar-refractivity contribution in [1.82, 2.24) is 0 Å². The quantitative estimate of drug-likeness (QED) is 0.489. The van der Waals surface area contributed by atoms with Gasteiger partial charge in [-0.25, -0.2) is 0 Å². The highest BCUT2D eigenvalue weighted by molar-refractivity contribution is 7.71. The molecule has 0 unspecified atom stereocenters. The summed E-state index contributed by atoms with van der Waals surface area (Å²) >= 11 is 13.1. The van der Waals surface area contributed by atoms with Gasteiger partial charge in [-0.15, -0.1) is 11.3 Å². The summed E-state index contributed by atoms with van der Waals surface area (Å²) in [6.45, 7) is 0. The van der Waals surface area contributed by atoms with Crippen LogP contribution in [-0.2, 0) is 0 Å². The molecule has 0 aliphatic heterocycles. The molecular formula is C17H11ClS2. The first-order chi connectivity index (χ1) is 9.72. The molecule has 0 radical (unpaired) electrons. The Bertz CT molecular complexity index is 774. The molecule has 0 aliphatic carbocycles. The Hall–Kier alpha value is -1.48. The van der Waals surface area contributed by atoms with Gasteiger partial charge in [-0.3, -0.25) is 0 Å². The predicted octanol–water partition coefficient (Wildman–Crippen LogP) is 6.46. The van der Waals surface area contributed by atoms with E-state index in [4.69, 9.17) is 23.8 Å². The van der Waals surface area contributed by atoms with E-state index in [2.05, 4.69) is 18.2 Å². The maximum absolute atomic E-state index is 5.94. The number of rotatable bonds is 2. The maximum atomic E-state index is 5.94. The van der Waals surface area contributed by atoms with E-state index in [-0.39, 0.29) is 0 Å². The van der Waals surface area contributed by atoms with Gasteiger partial charge in [-0.2, -0.15) is 0 Å². The van der Waals surface area contributed by atoms with Crippen molar-refractivity contribution in [2.24, 2.45) is 0 Å². The zero-order chi connectivity index (χ0) is 13.9. The largest absolute Gasteiger partial charge is 0.135 e. The molecule has 20 heavy (non-hydrogen) atoms. The highest BCUT2D eigenvalue weighted by Crippen LogP contribution is 2.33. The van der Waals surface area contributed by atoms with Gasteiger partial charge in [0.25, 0.3) is 0 Å². The van der Waals surface area contributed by atoms with E-state index in [0.29, 0.717) is 0 Å². The molecule has 0 aliphatic rings. The summed E-state index contributed by atoms with van der Waals surface area (Å²) in [4.78, 5) is 2.34. The second kappa shape index (κ2) is 5.88. The van der Waals surface area contributed by atoms with Crippen molar-refractivity contribution in [2.75, 3.05) is 0 Å². The van der Waals surface area contributed by atoms with Gasteiger partial charge in [0.15, 0.2) is 0 Å². The lowest BCUT2D eigenvalue weighted by Gasteiger charge is -2.05. The van der Waals surface area contributed by atoms with Crippen molar-refractivity contribution in [2.45, 2.75) is 0 Å². The van der Waals surface area contributed by atoms with Crippen LogP contribution in [0.15, 0.2) is 66.7 Å². The molecule has 3 rings (SSSR count). The minimum Gasteiger partial charge on any atom is -0.135 e. The third-order valence-electron chi connectivity index (χ3n) is 2.95. The Morgan fingerprint density at radius 1 is 0.750 bits per heavy atom. The van der Waals surface area contributed by atoms with Crippen LogP contribution in [0.1, 0.15) is 0 Å². The fourth-order valence-electron chi connectivity index (χ4n) is 1.98. The topological polar surface area (TPSA) is 0 Å². The van der Waals surface area contributed by atoms with Crippen LogP contribution < -0.4 is 0 Å². The van der Waals surface area contributed by atoms with Crippen LogP contribution in [0.25, 0.3) is 20.9 Å². The van der Waals surface area contributed by atoms with Crippen LogP contribution in [0.3, 0.4) is 0 Å². The van der Waals surface area contributed by atoms with Gasteiger partial charge in [0.05, 0.1) is 0 Å². The Morgan fingerprint density at radius 3 is 1.90 bits per heavy atom. The van der Waals surface area contributed by atoms with Crippen molar-refractivity contribution in [1.29, 1.82) is 0 Å². The molecule has 98 valence electrons. The van der Waals surface area contributed by atoms with Crippen LogP contribution in [0.2, 0.25) is 5.02 Å². The van der Waals surface area contributed by atoms with E-state index in [1.807, 2.05) is 48.5 Å². The Balaban J connectivity index is 2.12. The molecule has 3 aromatic rings. The molecule has 0 saturated carbocycles. The van der Waals surface area contributed by atoms with E-state index < -0.39 is 0 Å². The van der Waals surface area contributed by atoms with Crippen molar-refractivity contribution < 1.29 is 0 Å². The van der Waals surface area contributed by atoms with Crippen molar-refractivity contribution in [3.05, 3.63) is 76.3 Å². The standard InChI is InChI=1S/C17H11ClS2/c18-14-8-6-13(7-9-14)17-11-15(19)10-16(20-17)12-4-2-1-3-5-12/h1-11H. The van der Waals surface area contributed by atoms with E-state index in [1.165, 1.54) is 10.4 Å². The van der Waals surface area contributed by atoms with Gasteiger partial charge < -0.3 is 0 Å². The summed E-state index contributed by atoms with van der Waals surface area (Å²) in [6, 6.07) is 22.3. The first-order valence-corrected chi connectivity index (χ1v) is 7.79.